The average Bonchev–Trinajstić information content (AvgIpc) is 2.96. The van der Waals surface area contributed by atoms with E-state index in [2.05, 4.69) is 31.4 Å². The first kappa shape index (κ1) is 21.7. The van der Waals surface area contributed by atoms with Gasteiger partial charge in [-0.1, -0.05) is 42.5 Å². The van der Waals surface area contributed by atoms with Crippen LogP contribution < -0.4 is 10.6 Å². The number of imide groups is 1. The standard InChI is InChI=1S/C24H29N3O3/c1-24(2,3)26-15-9-14-25-21(28)20(16-17-10-5-4-6-11-17)27-22(29)18-12-7-8-13-19(18)23(27)30/h4-8,10-13,20,26H,9,14-16H2,1-3H3,(H,25,28)/t20-/m0/s1. The maximum atomic E-state index is 13.1. The lowest BCUT2D eigenvalue weighted by Gasteiger charge is -2.26. The number of carbonyl (C=O) groups excluding carboxylic acids is 3. The molecule has 30 heavy (non-hydrogen) atoms. The van der Waals surface area contributed by atoms with E-state index in [-0.39, 0.29) is 17.9 Å². The summed E-state index contributed by atoms with van der Waals surface area (Å²) in [4.78, 5) is 40.1. The summed E-state index contributed by atoms with van der Waals surface area (Å²) in [6.45, 7) is 7.49. The summed E-state index contributed by atoms with van der Waals surface area (Å²) in [5, 5.41) is 6.28. The number of nitrogens with zero attached hydrogens (tertiary/aromatic N) is 1. The van der Waals surface area contributed by atoms with Gasteiger partial charge in [0.15, 0.2) is 0 Å². The Balaban J connectivity index is 1.74. The fourth-order valence-electron chi connectivity index (χ4n) is 3.51. The zero-order valence-corrected chi connectivity index (χ0v) is 17.8. The number of benzene rings is 2. The molecule has 0 aromatic heterocycles. The van der Waals surface area contributed by atoms with Gasteiger partial charge in [-0.05, 0) is 51.4 Å². The summed E-state index contributed by atoms with van der Waals surface area (Å²) in [6.07, 6.45) is 1.03. The van der Waals surface area contributed by atoms with Gasteiger partial charge in [-0.25, -0.2) is 0 Å². The second kappa shape index (κ2) is 9.22. The highest BCUT2D eigenvalue weighted by Crippen LogP contribution is 2.26. The largest absolute Gasteiger partial charge is 0.354 e. The van der Waals surface area contributed by atoms with Crippen molar-refractivity contribution in [3.63, 3.8) is 0 Å². The number of hydrogen-bond acceptors (Lipinski definition) is 4. The Kier molecular flexibility index (Phi) is 6.67. The number of hydrogen-bond donors (Lipinski definition) is 2. The van der Waals surface area contributed by atoms with Crippen molar-refractivity contribution in [2.45, 2.75) is 45.2 Å². The number of carbonyl (C=O) groups is 3. The summed E-state index contributed by atoms with van der Waals surface area (Å²) < 4.78 is 0. The first-order valence-corrected chi connectivity index (χ1v) is 10.3. The van der Waals surface area contributed by atoms with Crippen LogP contribution in [0.3, 0.4) is 0 Å². The number of amides is 3. The van der Waals surface area contributed by atoms with Gasteiger partial charge in [0.05, 0.1) is 11.1 Å². The lowest BCUT2D eigenvalue weighted by atomic mass is 10.0. The first-order valence-electron chi connectivity index (χ1n) is 10.3. The fourth-order valence-corrected chi connectivity index (χ4v) is 3.51. The molecule has 1 atom stereocenters. The summed E-state index contributed by atoms with van der Waals surface area (Å²) in [6, 6.07) is 15.3. The monoisotopic (exact) mass is 407 g/mol. The van der Waals surface area contributed by atoms with E-state index in [9.17, 15) is 14.4 Å². The van der Waals surface area contributed by atoms with Crippen LogP contribution in [-0.4, -0.2) is 47.3 Å². The summed E-state index contributed by atoms with van der Waals surface area (Å²) >= 11 is 0. The van der Waals surface area contributed by atoms with E-state index in [1.165, 1.54) is 0 Å². The van der Waals surface area contributed by atoms with E-state index < -0.39 is 17.9 Å². The third kappa shape index (κ3) is 5.13. The molecule has 0 unspecified atom stereocenters. The molecule has 0 saturated carbocycles. The molecule has 1 heterocycles. The molecule has 1 aliphatic heterocycles. The molecule has 6 heteroatoms. The molecule has 0 bridgehead atoms. The third-order valence-electron chi connectivity index (χ3n) is 5.02. The van der Waals surface area contributed by atoms with Crippen LogP contribution in [0.2, 0.25) is 0 Å². The van der Waals surface area contributed by atoms with Crippen molar-refractivity contribution in [2.75, 3.05) is 13.1 Å². The Bertz CT molecular complexity index is 884. The van der Waals surface area contributed by atoms with Crippen LogP contribution in [-0.2, 0) is 11.2 Å². The van der Waals surface area contributed by atoms with Crippen LogP contribution in [0.4, 0.5) is 0 Å². The number of fused-ring (bicyclic) bond motifs is 1. The van der Waals surface area contributed by atoms with Crippen LogP contribution in [0.1, 0.15) is 53.5 Å². The molecule has 0 spiro atoms. The van der Waals surface area contributed by atoms with Gasteiger partial charge in [-0.15, -0.1) is 0 Å². The maximum Gasteiger partial charge on any atom is 0.262 e. The molecule has 0 fully saturated rings. The van der Waals surface area contributed by atoms with Gasteiger partial charge in [0, 0.05) is 18.5 Å². The van der Waals surface area contributed by atoms with E-state index >= 15 is 0 Å². The second-order valence-corrected chi connectivity index (χ2v) is 8.55. The van der Waals surface area contributed by atoms with Crippen LogP contribution >= 0.6 is 0 Å². The van der Waals surface area contributed by atoms with Crippen molar-refractivity contribution in [1.29, 1.82) is 0 Å². The molecular weight excluding hydrogens is 378 g/mol. The lowest BCUT2D eigenvalue weighted by molar-refractivity contribution is -0.125. The minimum absolute atomic E-state index is 0.0139. The molecule has 0 radical (unpaired) electrons. The molecule has 0 aliphatic carbocycles. The van der Waals surface area contributed by atoms with Crippen molar-refractivity contribution in [2.24, 2.45) is 0 Å². The molecule has 0 saturated heterocycles. The fraction of sp³-hybridized carbons (Fsp3) is 0.375. The van der Waals surface area contributed by atoms with Crippen molar-refractivity contribution in [3.8, 4) is 0 Å². The van der Waals surface area contributed by atoms with Crippen LogP contribution in [0.5, 0.6) is 0 Å². The summed E-state index contributed by atoms with van der Waals surface area (Å²) in [5.74, 6) is -1.15. The highest BCUT2D eigenvalue weighted by molar-refractivity contribution is 6.22. The van der Waals surface area contributed by atoms with Gasteiger partial charge < -0.3 is 10.6 Å². The van der Waals surface area contributed by atoms with Gasteiger partial charge in [0.25, 0.3) is 11.8 Å². The number of nitrogens with one attached hydrogen (secondary N) is 2. The van der Waals surface area contributed by atoms with Crippen molar-refractivity contribution >= 4 is 17.7 Å². The molecule has 1 aliphatic rings. The van der Waals surface area contributed by atoms with Gasteiger partial charge in [0.1, 0.15) is 6.04 Å². The summed E-state index contributed by atoms with van der Waals surface area (Å²) in [7, 11) is 0. The minimum Gasteiger partial charge on any atom is -0.354 e. The number of rotatable bonds is 8. The smallest absolute Gasteiger partial charge is 0.262 e. The highest BCUT2D eigenvalue weighted by Gasteiger charge is 2.42. The van der Waals surface area contributed by atoms with Crippen molar-refractivity contribution in [3.05, 3.63) is 71.3 Å². The van der Waals surface area contributed by atoms with E-state index in [4.69, 9.17) is 0 Å². The lowest BCUT2D eigenvalue weighted by Crippen LogP contribution is -2.51. The zero-order chi connectivity index (χ0) is 21.7. The Labute approximate surface area is 177 Å². The van der Waals surface area contributed by atoms with Gasteiger partial charge in [-0.2, -0.15) is 0 Å². The molecule has 2 aromatic rings. The minimum atomic E-state index is -0.893. The molecule has 2 N–H and O–H groups in total. The predicted octanol–water partition coefficient (Wildman–Crippen LogP) is 2.79. The van der Waals surface area contributed by atoms with E-state index in [1.54, 1.807) is 24.3 Å². The predicted molar refractivity (Wildman–Crippen MR) is 116 cm³/mol. The SMILES string of the molecule is CC(C)(C)NCCCNC(=O)[C@H](Cc1ccccc1)N1C(=O)c2ccccc2C1=O. The molecule has 3 amide bonds. The molecular formula is C24H29N3O3. The molecule has 3 rings (SSSR count). The first-order chi connectivity index (χ1) is 14.3. The third-order valence-corrected chi connectivity index (χ3v) is 5.02. The summed E-state index contributed by atoms with van der Waals surface area (Å²) in [5.41, 5.74) is 1.61. The van der Waals surface area contributed by atoms with E-state index in [0.717, 1.165) is 23.4 Å². The second-order valence-electron chi connectivity index (χ2n) is 8.55. The zero-order valence-electron chi connectivity index (χ0n) is 17.8. The Morgan fingerprint density at radius 3 is 2.03 bits per heavy atom. The van der Waals surface area contributed by atoms with Crippen LogP contribution in [0.25, 0.3) is 0 Å². The Hall–Kier alpha value is -2.99. The van der Waals surface area contributed by atoms with Gasteiger partial charge >= 0.3 is 0 Å². The van der Waals surface area contributed by atoms with Gasteiger partial charge in [0.2, 0.25) is 5.91 Å². The highest BCUT2D eigenvalue weighted by atomic mass is 16.2. The molecule has 2 aromatic carbocycles. The Morgan fingerprint density at radius 1 is 0.900 bits per heavy atom. The van der Waals surface area contributed by atoms with E-state index in [1.807, 2.05) is 30.3 Å². The molecule has 6 nitrogen and oxygen atoms in total. The molecule has 158 valence electrons. The topological polar surface area (TPSA) is 78.5 Å². The normalized spacial score (nSPS) is 14.6. The quantitative estimate of drug-likeness (QED) is 0.521. The van der Waals surface area contributed by atoms with Crippen LogP contribution in [0, 0.1) is 0 Å². The van der Waals surface area contributed by atoms with Crippen molar-refractivity contribution < 1.29 is 14.4 Å². The van der Waals surface area contributed by atoms with Crippen LogP contribution in [0.15, 0.2) is 54.6 Å². The van der Waals surface area contributed by atoms with E-state index in [0.29, 0.717) is 17.7 Å². The van der Waals surface area contributed by atoms with Crippen molar-refractivity contribution in [1.82, 2.24) is 15.5 Å². The maximum absolute atomic E-state index is 13.1. The average molecular weight is 408 g/mol. The Morgan fingerprint density at radius 2 is 1.47 bits per heavy atom. The van der Waals surface area contributed by atoms with Gasteiger partial charge in [-0.3, -0.25) is 19.3 Å².